The molecule has 29 heavy (non-hydrogen) atoms. The van der Waals surface area contributed by atoms with Gasteiger partial charge in [-0.05, 0) is 64.2 Å². The standard InChI is InChI=1S/C22H27BrN2O4/c1-4-15(2)16-8-9-20(19(23)13-16)29-14-21(26)25-18-7-5-6-17(12-18)22(27)24-10-11-28-3/h5-9,12-13,15H,4,10-11,14H2,1-3H3,(H,24,27)(H,25,26). The second-order valence-corrected chi connectivity index (χ2v) is 7.52. The topological polar surface area (TPSA) is 76.7 Å². The Hall–Kier alpha value is -2.38. The number of carbonyl (C=O) groups is 2. The molecule has 0 saturated carbocycles. The van der Waals surface area contributed by atoms with E-state index in [-0.39, 0.29) is 18.4 Å². The van der Waals surface area contributed by atoms with E-state index < -0.39 is 0 Å². The lowest BCUT2D eigenvalue weighted by Gasteiger charge is -2.13. The maximum absolute atomic E-state index is 12.2. The normalized spacial score (nSPS) is 11.6. The number of amides is 2. The lowest BCUT2D eigenvalue weighted by Crippen LogP contribution is -2.27. The lowest BCUT2D eigenvalue weighted by molar-refractivity contribution is -0.118. The zero-order valence-electron chi connectivity index (χ0n) is 17.0. The van der Waals surface area contributed by atoms with Crippen LogP contribution < -0.4 is 15.4 Å². The van der Waals surface area contributed by atoms with E-state index in [0.717, 1.165) is 10.9 Å². The van der Waals surface area contributed by atoms with Gasteiger partial charge in [0.25, 0.3) is 11.8 Å². The predicted molar refractivity (Wildman–Crippen MR) is 118 cm³/mol. The van der Waals surface area contributed by atoms with Crippen LogP contribution in [0.15, 0.2) is 46.9 Å². The summed E-state index contributed by atoms with van der Waals surface area (Å²) in [6.45, 7) is 5.04. The van der Waals surface area contributed by atoms with Crippen LogP contribution in [0.4, 0.5) is 5.69 Å². The minimum Gasteiger partial charge on any atom is -0.483 e. The van der Waals surface area contributed by atoms with Gasteiger partial charge in [-0.25, -0.2) is 0 Å². The number of methoxy groups -OCH3 is 1. The van der Waals surface area contributed by atoms with Gasteiger partial charge in [0.15, 0.2) is 6.61 Å². The summed E-state index contributed by atoms with van der Waals surface area (Å²) in [5.74, 6) is 0.542. The van der Waals surface area contributed by atoms with Gasteiger partial charge >= 0.3 is 0 Å². The Balaban J connectivity index is 1.91. The van der Waals surface area contributed by atoms with Crippen molar-refractivity contribution >= 4 is 33.4 Å². The summed E-state index contributed by atoms with van der Waals surface area (Å²) in [7, 11) is 1.57. The zero-order chi connectivity index (χ0) is 21.2. The molecule has 2 N–H and O–H groups in total. The number of benzene rings is 2. The Morgan fingerprint density at radius 3 is 2.66 bits per heavy atom. The fourth-order valence-corrected chi connectivity index (χ4v) is 3.13. The van der Waals surface area contributed by atoms with Crippen molar-refractivity contribution in [2.45, 2.75) is 26.2 Å². The number of anilines is 1. The third kappa shape index (κ3) is 7.18. The molecule has 0 heterocycles. The highest BCUT2D eigenvalue weighted by molar-refractivity contribution is 9.10. The first-order chi connectivity index (χ1) is 13.9. The highest BCUT2D eigenvalue weighted by Crippen LogP contribution is 2.30. The molecule has 2 rings (SSSR count). The Labute approximate surface area is 180 Å². The number of hydrogen-bond donors (Lipinski definition) is 2. The van der Waals surface area contributed by atoms with Crippen LogP contribution in [0.25, 0.3) is 0 Å². The Kier molecular flexibility index (Phi) is 9.15. The van der Waals surface area contributed by atoms with E-state index in [9.17, 15) is 9.59 Å². The van der Waals surface area contributed by atoms with E-state index in [1.54, 1.807) is 31.4 Å². The summed E-state index contributed by atoms with van der Waals surface area (Å²) < 4.78 is 11.4. The second-order valence-electron chi connectivity index (χ2n) is 6.67. The van der Waals surface area contributed by atoms with Gasteiger partial charge in [0.1, 0.15) is 5.75 Å². The molecular formula is C22H27BrN2O4. The van der Waals surface area contributed by atoms with Gasteiger partial charge < -0.3 is 20.1 Å². The number of hydrogen-bond acceptors (Lipinski definition) is 4. The van der Waals surface area contributed by atoms with E-state index in [1.165, 1.54) is 5.56 Å². The number of halogens is 1. The molecule has 1 atom stereocenters. The van der Waals surface area contributed by atoms with Gasteiger partial charge in [-0.15, -0.1) is 0 Å². The molecule has 156 valence electrons. The average molecular weight is 463 g/mol. The lowest BCUT2D eigenvalue weighted by atomic mass is 9.99. The van der Waals surface area contributed by atoms with Crippen LogP contribution in [0, 0.1) is 0 Å². The minimum atomic E-state index is -0.306. The summed E-state index contributed by atoms with van der Waals surface area (Å²) in [6.07, 6.45) is 1.05. The van der Waals surface area contributed by atoms with Crippen LogP contribution in [0.2, 0.25) is 0 Å². The van der Waals surface area contributed by atoms with E-state index in [0.29, 0.717) is 36.1 Å². The molecule has 0 aliphatic rings. The van der Waals surface area contributed by atoms with Crippen molar-refractivity contribution in [3.8, 4) is 5.75 Å². The van der Waals surface area contributed by atoms with Crippen molar-refractivity contribution < 1.29 is 19.1 Å². The molecule has 1 unspecified atom stereocenters. The number of carbonyl (C=O) groups excluding carboxylic acids is 2. The van der Waals surface area contributed by atoms with Crippen LogP contribution in [-0.2, 0) is 9.53 Å². The first-order valence-electron chi connectivity index (χ1n) is 9.53. The first kappa shape index (κ1) is 22.9. The zero-order valence-corrected chi connectivity index (χ0v) is 18.5. The van der Waals surface area contributed by atoms with Crippen molar-refractivity contribution in [1.29, 1.82) is 0 Å². The molecule has 6 nitrogen and oxygen atoms in total. The Morgan fingerprint density at radius 2 is 1.97 bits per heavy atom. The maximum Gasteiger partial charge on any atom is 0.262 e. The van der Waals surface area contributed by atoms with Crippen LogP contribution in [0.1, 0.15) is 42.1 Å². The molecule has 0 aliphatic heterocycles. The summed E-state index contributed by atoms with van der Waals surface area (Å²) in [6, 6.07) is 12.6. The SMILES string of the molecule is CCC(C)c1ccc(OCC(=O)Nc2cccc(C(=O)NCCOC)c2)c(Br)c1. The van der Waals surface area contributed by atoms with Gasteiger partial charge in [0.2, 0.25) is 0 Å². The minimum absolute atomic E-state index is 0.133. The monoisotopic (exact) mass is 462 g/mol. The van der Waals surface area contributed by atoms with Crippen molar-refractivity contribution in [3.63, 3.8) is 0 Å². The quantitative estimate of drug-likeness (QED) is 0.514. The van der Waals surface area contributed by atoms with Gasteiger partial charge in [-0.1, -0.05) is 26.0 Å². The van der Waals surface area contributed by atoms with Gasteiger partial charge in [0, 0.05) is 24.9 Å². The third-order valence-electron chi connectivity index (χ3n) is 4.50. The number of nitrogens with one attached hydrogen (secondary N) is 2. The van der Waals surface area contributed by atoms with Crippen molar-refractivity contribution in [2.24, 2.45) is 0 Å². The number of ether oxygens (including phenoxy) is 2. The van der Waals surface area contributed by atoms with Gasteiger partial charge in [-0.2, -0.15) is 0 Å². The highest BCUT2D eigenvalue weighted by atomic mass is 79.9. The molecule has 0 radical (unpaired) electrons. The van der Waals surface area contributed by atoms with E-state index in [1.807, 2.05) is 18.2 Å². The largest absolute Gasteiger partial charge is 0.483 e. The summed E-state index contributed by atoms with van der Waals surface area (Å²) in [5, 5.41) is 5.49. The maximum atomic E-state index is 12.2. The average Bonchev–Trinajstić information content (AvgIpc) is 2.72. The molecular weight excluding hydrogens is 436 g/mol. The van der Waals surface area contributed by atoms with Gasteiger partial charge in [0.05, 0.1) is 11.1 Å². The summed E-state index contributed by atoms with van der Waals surface area (Å²) in [5.41, 5.74) is 2.21. The Bertz CT molecular complexity index is 841. The smallest absolute Gasteiger partial charge is 0.262 e. The van der Waals surface area contributed by atoms with Crippen molar-refractivity contribution in [1.82, 2.24) is 5.32 Å². The molecule has 0 saturated heterocycles. The first-order valence-corrected chi connectivity index (χ1v) is 10.3. The molecule has 7 heteroatoms. The van der Waals surface area contributed by atoms with Crippen LogP contribution >= 0.6 is 15.9 Å². The number of rotatable bonds is 10. The van der Waals surface area contributed by atoms with Crippen LogP contribution in [0.3, 0.4) is 0 Å². The van der Waals surface area contributed by atoms with Gasteiger partial charge in [-0.3, -0.25) is 9.59 Å². The fourth-order valence-electron chi connectivity index (χ4n) is 2.62. The highest BCUT2D eigenvalue weighted by Gasteiger charge is 2.11. The second kappa shape index (κ2) is 11.6. The molecule has 0 spiro atoms. The van der Waals surface area contributed by atoms with Crippen LogP contribution in [-0.4, -0.2) is 38.7 Å². The summed E-state index contributed by atoms with van der Waals surface area (Å²) >= 11 is 3.50. The van der Waals surface area contributed by atoms with Crippen LogP contribution in [0.5, 0.6) is 5.75 Å². The fraction of sp³-hybridized carbons (Fsp3) is 0.364. The molecule has 2 aromatic rings. The predicted octanol–water partition coefficient (Wildman–Crippen LogP) is 4.36. The van der Waals surface area contributed by atoms with E-state index in [2.05, 4.69) is 40.4 Å². The molecule has 0 aromatic heterocycles. The molecule has 2 amide bonds. The molecule has 0 bridgehead atoms. The third-order valence-corrected chi connectivity index (χ3v) is 5.12. The molecule has 0 fully saturated rings. The Morgan fingerprint density at radius 1 is 1.17 bits per heavy atom. The van der Waals surface area contributed by atoms with E-state index >= 15 is 0 Å². The molecule has 0 aliphatic carbocycles. The van der Waals surface area contributed by atoms with Crippen molar-refractivity contribution in [3.05, 3.63) is 58.1 Å². The summed E-state index contributed by atoms with van der Waals surface area (Å²) in [4.78, 5) is 24.3. The molecule has 2 aromatic carbocycles. The van der Waals surface area contributed by atoms with E-state index in [4.69, 9.17) is 9.47 Å². The van der Waals surface area contributed by atoms with Crippen molar-refractivity contribution in [2.75, 3.05) is 32.2 Å².